The number of hydrogen-bond donors (Lipinski definition) is 1. The largest absolute Gasteiger partial charge is 0.573 e. The Morgan fingerprint density at radius 2 is 1.69 bits per heavy atom. The summed E-state index contributed by atoms with van der Waals surface area (Å²) in [6.07, 6.45) is -4.21. The van der Waals surface area contributed by atoms with Gasteiger partial charge in [-0.15, -0.1) is 13.2 Å². The van der Waals surface area contributed by atoms with Gasteiger partial charge in [-0.1, -0.05) is 26.0 Å². The van der Waals surface area contributed by atoms with Crippen LogP contribution in [0, 0.1) is 0 Å². The number of hydrogen-bond acceptors (Lipinski definition) is 2. The van der Waals surface area contributed by atoms with Crippen LogP contribution in [0.5, 0.6) is 5.75 Å². The summed E-state index contributed by atoms with van der Waals surface area (Å²) in [5.41, 5.74) is 2.91. The Morgan fingerprint density at radius 1 is 1.07 bits per heavy atom. The van der Waals surface area contributed by atoms with Crippen LogP contribution in [0.1, 0.15) is 55.4 Å². The molecule has 156 valence electrons. The van der Waals surface area contributed by atoms with E-state index in [2.05, 4.69) is 9.30 Å². The number of rotatable bonds is 5. The highest BCUT2D eigenvalue weighted by Gasteiger charge is 2.30. The van der Waals surface area contributed by atoms with E-state index in [0.717, 1.165) is 22.2 Å². The van der Waals surface area contributed by atoms with Crippen LogP contribution >= 0.6 is 0 Å². The smallest absolute Gasteiger partial charge is 0.478 e. The van der Waals surface area contributed by atoms with Gasteiger partial charge in [-0.2, -0.15) is 0 Å². The number of ether oxygens (including phenoxy) is 1. The van der Waals surface area contributed by atoms with E-state index in [1.54, 1.807) is 30.3 Å². The monoisotopic (exact) mass is 407 g/mol. The molecular formula is C22H24F3NO3. The molecule has 0 saturated carbocycles. The average molecular weight is 407 g/mol. The predicted octanol–water partition coefficient (Wildman–Crippen LogP) is 6.44. The van der Waals surface area contributed by atoms with Crippen molar-refractivity contribution in [2.45, 2.75) is 46.5 Å². The lowest BCUT2D eigenvalue weighted by molar-refractivity contribution is -0.274. The Morgan fingerprint density at radius 3 is 2.21 bits per heavy atom. The third-order valence-electron chi connectivity index (χ3n) is 4.22. The molecule has 0 unspecified atom stereocenters. The lowest BCUT2D eigenvalue weighted by Gasteiger charge is -2.15. The Hall–Kier alpha value is -2.96. The third-order valence-corrected chi connectivity index (χ3v) is 4.22. The zero-order chi connectivity index (χ0) is 21.8. The number of aromatic carboxylic acids is 1. The van der Waals surface area contributed by atoms with Crippen LogP contribution in [-0.4, -0.2) is 22.0 Å². The molecule has 0 spiro atoms. The van der Waals surface area contributed by atoms with Crippen LogP contribution in [-0.2, 0) is 6.42 Å². The summed E-state index contributed by atoms with van der Waals surface area (Å²) in [5, 5.41) is 9.99. The van der Waals surface area contributed by atoms with Gasteiger partial charge in [0.2, 0.25) is 0 Å². The van der Waals surface area contributed by atoms with Gasteiger partial charge in [0.1, 0.15) is 5.75 Å². The van der Waals surface area contributed by atoms with Gasteiger partial charge < -0.3 is 14.4 Å². The van der Waals surface area contributed by atoms with Crippen LogP contribution in [0.15, 0.2) is 48.5 Å². The van der Waals surface area contributed by atoms with Gasteiger partial charge in [0.25, 0.3) is 0 Å². The van der Waals surface area contributed by atoms with Gasteiger partial charge in [-0.05, 0) is 55.8 Å². The van der Waals surface area contributed by atoms with Crippen LogP contribution in [0.2, 0.25) is 0 Å². The fourth-order valence-electron chi connectivity index (χ4n) is 3.19. The summed E-state index contributed by atoms with van der Waals surface area (Å²) in [7, 11) is 0. The molecule has 0 aliphatic rings. The van der Waals surface area contributed by atoms with Gasteiger partial charge in [0.05, 0.1) is 5.56 Å². The first-order valence-corrected chi connectivity index (χ1v) is 9.36. The van der Waals surface area contributed by atoms with Crippen molar-refractivity contribution in [3.63, 3.8) is 0 Å². The van der Waals surface area contributed by atoms with Gasteiger partial charge in [0.15, 0.2) is 0 Å². The number of carbonyl (C=O) groups is 1. The number of aromatic nitrogens is 1. The molecule has 3 aromatic rings. The van der Waals surface area contributed by atoms with Crippen molar-refractivity contribution in [2.75, 3.05) is 0 Å². The highest BCUT2D eigenvalue weighted by molar-refractivity contribution is 5.94. The highest BCUT2D eigenvalue weighted by Crippen LogP contribution is 2.28. The van der Waals surface area contributed by atoms with Gasteiger partial charge in [-0.25, -0.2) is 4.79 Å². The van der Waals surface area contributed by atoms with Crippen molar-refractivity contribution >= 4 is 16.9 Å². The molecule has 2 aromatic carbocycles. The van der Waals surface area contributed by atoms with Gasteiger partial charge in [0, 0.05) is 29.1 Å². The third kappa shape index (κ3) is 5.53. The average Bonchev–Trinajstić information content (AvgIpc) is 3.01. The van der Waals surface area contributed by atoms with Crippen LogP contribution < -0.4 is 4.74 Å². The molecule has 29 heavy (non-hydrogen) atoms. The molecule has 0 radical (unpaired) electrons. The fourth-order valence-corrected chi connectivity index (χ4v) is 3.19. The molecule has 0 bridgehead atoms. The summed E-state index contributed by atoms with van der Waals surface area (Å²) in [5.74, 6) is -1.25. The second-order valence-electron chi connectivity index (χ2n) is 6.55. The summed E-state index contributed by atoms with van der Waals surface area (Å²) in [6, 6.07) is 12.8. The standard InChI is InChI=1S/C20H18F3NO3.C2H6/c1-12(2)24-16(11-15-10-14(19(25)26)5-8-18(15)24)9-13-3-6-17(7-4-13)27-20(21,22)23;1-2/h3-8,10-12H,9H2,1-2H3,(H,25,26);1-2H3. The van der Waals surface area contributed by atoms with Gasteiger partial charge >= 0.3 is 12.3 Å². The molecule has 3 rings (SSSR count). The molecule has 0 aliphatic heterocycles. The SMILES string of the molecule is CC.CC(C)n1c(Cc2ccc(OC(F)(F)F)cc2)cc2cc(C(=O)O)ccc21. The summed E-state index contributed by atoms with van der Waals surface area (Å²) < 4.78 is 42.8. The maximum atomic E-state index is 12.3. The van der Waals surface area contributed by atoms with E-state index in [1.807, 2.05) is 33.8 Å². The van der Waals surface area contributed by atoms with Crippen molar-refractivity contribution in [2.24, 2.45) is 0 Å². The predicted molar refractivity (Wildman–Crippen MR) is 107 cm³/mol. The number of alkyl halides is 3. The molecule has 1 heterocycles. The zero-order valence-corrected chi connectivity index (χ0v) is 16.7. The topological polar surface area (TPSA) is 51.5 Å². The van der Waals surface area contributed by atoms with E-state index in [-0.39, 0.29) is 17.4 Å². The Labute approximate surface area is 167 Å². The molecule has 7 heteroatoms. The Balaban J connectivity index is 0.00000145. The van der Waals surface area contributed by atoms with Crippen LogP contribution in [0.4, 0.5) is 13.2 Å². The number of benzene rings is 2. The minimum atomic E-state index is -4.71. The minimum absolute atomic E-state index is 0.140. The zero-order valence-electron chi connectivity index (χ0n) is 16.7. The molecule has 0 fully saturated rings. The molecule has 0 saturated heterocycles. The lowest BCUT2D eigenvalue weighted by atomic mass is 10.1. The van der Waals surface area contributed by atoms with E-state index < -0.39 is 12.3 Å². The number of carboxylic acid groups (broad SMARTS) is 1. The first kappa shape index (κ1) is 22.3. The molecule has 0 aliphatic carbocycles. The molecule has 1 N–H and O–H groups in total. The lowest BCUT2D eigenvalue weighted by Crippen LogP contribution is -2.17. The second kappa shape index (κ2) is 9.03. The van der Waals surface area contributed by atoms with Crippen molar-refractivity contribution in [3.05, 3.63) is 65.4 Å². The molecule has 0 atom stereocenters. The van der Waals surface area contributed by atoms with E-state index >= 15 is 0 Å². The number of carboxylic acids is 1. The Kier molecular flexibility index (Phi) is 6.95. The number of nitrogens with zero attached hydrogens (tertiary/aromatic N) is 1. The highest BCUT2D eigenvalue weighted by atomic mass is 19.4. The molecule has 1 aromatic heterocycles. The molecule has 4 nitrogen and oxygen atoms in total. The van der Waals surface area contributed by atoms with Crippen LogP contribution in [0.3, 0.4) is 0 Å². The van der Waals surface area contributed by atoms with E-state index in [9.17, 15) is 23.1 Å². The van der Waals surface area contributed by atoms with Crippen molar-refractivity contribution in [1.29, 1.82) is 0 Å². The van der Waals surface area contributed by atoms with Crippen molar-refractivity contribution in [1.82, 2.24) is 4.57 Å². The quantitative estimate of drug-likeness (QED) is 0.530. The first-order chi connectivity index (χ1) is 13.6. The fraction of sp³-hybridized carbons (Fsp3) is 0.318. The van der Waals surface area contributed by atoms with E-state index in [4.69, 9.17) is 0 Å². The molecule has 0 amide bonds. The summed E-state index contributed by atoms with van der Waals surface area (Å²) >= 11 is 0. The summed E-state index contributed by atoms with van der Waals surface area (Å²) in [4.78, 5) is 11.2. The maximum absolute atomic E-state index is 12.3. The normalized spacial score (nSPS) is 11.3. The molecular weight excluding hydrogens is 383 g/mol. The van der Waals surface area contributed by atoms with Crippen LogP contribution in [0.25, 0.3) is 10.9 Å². The summed E-state index contributed by atoms with van der Waals surface area (Å²) in [6.45, 7) is 8.04. The first-order valence-electron chi connectivity index (χ1n) is 9.36. The minimum Gasteiger partial charge on any atom is -0.478 e. The van der Waals surface area contributed by atoms with Gasteiger partial charge in [-0.3, -0.25) is 0 Å². The van der Waals surface area contributed by atoms with E-state index in [1.165, 1.54) is 12.1 Å². The maximum Gasteiger partial charge on any atom is 0.573 e. The van der Waals surface area contributed by atoms with E-state index in [0.29, 0.717) is 6.42 Å². The number of halogens is 3. The number of fused-ring (bicyclic) bond motifs is 1. The Bertz CT molecular complexity index is 973. The van der Waals surface area contributed by atoms with Crippen molar-refractivity contribution < 1.29 is 27.8 Å². The van der Waals surface area contributed by atoms with Crippen molar-refractivity contribution in [3.8, 4) is 5.75 Å². The second-order valence-corrected chi connectivity index (χ2v) is 6.55.